The molecule has 4 aromatic rings. The van der Waals surface area contributed by atoms with Crippen molar-refractivity contribution in [2.45, 2.75) is 6.42 Å². The number of ether oxygens (including phenoxy) is 3. The van der Waals surface area contributed by atoms with E-state index in [9.17, 15) is 4.79 Å². The summed E-state index contributed by atoms with van der Waals surface area (Å²) in [7, 11) is 4.82. The fraction of sp³-hybridized carbons (Fsp3) is 0.200. The van der Waals surface area contributed by atoms with Gasteiger partial charge in [-0.2, -0.15) is 0 Å². The molecule has 174 valence electrons. The average Bonchev–Trinajstić information content (AvgIpc) is 3.43. The van der Waals surface area contributed by atoms with Crippen LogP contribution >= 0.6 is 0 Å². The van der Waals surface area contributed by atoms with Gasteiger partial charge in [0.25, 0.3) is 5.91 Å². The Balaban J connectivity index is 1.54. The van der Waals surface area contributed by atoms with Crippen molar-refractivity contribution in [2.75, 3.05) is 27.9 Å². The Kier molecular flexibility index (Phi) is 7.02. The molecule has 34 heavy (non-hydrogen) atoms. The molecular formula is C25H25N5O4. The third-order valence-corrected chi connectivity index (χ3v) is 5.36. The van der Waals surface area contributed by atoms with Crippen molar-refractivity contribution in [3.05, 3.63) is 78.1 Å². The smallest absolute Gasteiger partial charge is 0.251 e. The fourth-order valence-electron chi connectivity index (χ4n) is 3.56. The summed E-state index contributed by atoms with van der Waals surface area (Å²) in [5, 5.41) is 14.4. The summed E-state index contributed by atoms with van der Waals surface area (Å²) in [5.41, 5.74) is 4.02. The minimum absolute atomic E-state index is 0.190. The summed E-state index contributed by atoms with van der Waals surface area (Å²) >= 11 is 0. The first-order chi connectivity index (χ1) is 16.6. The molecule has 9 nitrogen and oxygen atoms in total. The van der Waals surface area contributed by atoms with E-state index in [0.717, 1.165) is 22.4 Å². The van der Waals surface area contributed by atoms with Crippen LogP contribution in [-0.4, -0.2) is 54.0 Å². The molecule has 9 heteroatoms. The summed E-state index contributed by atoms with van der Waals surface area (Å²) in [6.45, 7) is 0.460. The summed E-state index contributed by atoms with van der Waals surface area (Å²) in [6, 6.07) is 18.9. The normalized spacial score (nSPS) is 10.6. The van der Waals surface area contributed by atoms with Gasteiger partial charge in [-0.3, -0.25) is 4.79 Å². The first-order valence-electron chi connectivity index (χ1n) is 10.6. The number of nitrogens with zero attached hydrogens (tertiary/aromatic N) is 4. The second-order valence-corrected chi connectivity index (χ2v) is 7.45. The molecule has 1 heterocycles. The Morgan fingerprint density at radius 2 is 1.68 bits per heavy atom. The Morgan fingerprint density at radius 1 is 0.882 bits per heavy atom. The number of tetrazole rings is 1. The van der Waals surface area contributed by atoms with Crippen molar-refractivity contribution in [1.29, 1.82) is 0 Å². The first kappa shape index (κ1) is 22.8. The number of nitrogens with one attached hydrogen (secondary N) is 1. The Labute approximate surface area is 197 Å². The molecule has 0 atom stereocenters. The lowest BCUT2D eigenvalue weighted by atomic mass is 10.0. The number of benzene rings is 3. The van der Waals surface area contributed by atoms with Crippen LogP contribution < -0.4 is 19.5 Å². The molecule has 0 radical (unpaired) electrons. The molecule has 0 saturated carbocycles. The summed E-state index contributed by atoms with van der Waals surface area (Å²) in [6.07, 6.45) is 2.13. The molecule has 0 aliphatic carbocycles. The zero-order chi connectivity index (χ0) is 23.9. The van der Waals surface area contributed by atoms with Gasteiger partial charge >= 0.3 is 0 Å². The van der Waals surface area contributed by atoms with Crippen LogP contribution in [0, 0.1) is 0 Å². The van der Waals surface area contributed by atoms with Gasteiger partial charge in [0.05, 0.1) is 27.0 Å². The summed E-state index contributed by atoms with van der Waals surface area (Å²) in [5.74, 6) is 1.89. The molecule has 0 spiro atoms. The molecule has 0 saturated heterocycles. The van der Waals surface area contributed by atoms with Crippen molar-refractivity contribution in [3.8, 4) is 34.1 Å². The van der Waals surface area contributed by atoms with Gasteiger partial charge in [0.2, 0.25) is 0 Å². The van der Waals surface area contributed by atoms with E-state index in [1.54, 1.807) is 27.4 Å². The van der Waals surface area contributed by atoms with Crippen LogP contribution in [0.25, 0.3) is 16.8 Å². The molecule has 1 aromatic heterocycles. The van der Waals surface area contributed by atoms with E-state index >= 15 is 0 Å². The van der Waals surface area contributed by atoms with Gasteiger partial charge in [0, 0.05) is 12.1 Å². The number of rotatable bonds is 9. The Hall–Kier alpha value is -4.40. The SMILES string of the molecule is COc1ccc(-c2cc(C(=O)NCCc3ccc(OC)c(OC)c3)cc(-n3cnnn3)c2)cc1. The molecule has 1 N–H and O–H groups in total. The number of hydrogen-bond acceptors (Lipinski definition) is 7. The zero-order valence-corrected chi connectivity index (χ0v) is 19.2. The molecular weight excluding hydrogens is 434 g/mol. The highest BCUT2D eigenvalue weighted by atomic mass is 16.5. The highest BCUT2D eigenvalue weighted by molar-refractivity contribution is 5.96. The second-order valence-electron chi connectivity index (χ2n) is 7.45. The Morgan fingerprint density at radius 3 is 2.35 bits per heavy atom. The highest BCUT2D eigenvalue weighted by Gasteiger charge is 2.12. The van der Waals surface area contributed by atoms with Crippen molar-refractivity contribution < 1.29 is 19.0 Å². The van der Waals surface area contributed by atoms with Crippen LogP contribution in [0.1, 0.15) is 15.9 Å². The van der Waals surface area contributed by atoms with Crippen molar-refractivity contribution in [2.24, 2.45) is 0 Å². The van der Waals surface area contributed by atoms with Gasteiger partial charge < -0.3 is 19.5 Å². The second kappa shape index (κ2) is 10.5. The standard InChI is InChI=1S/C25H25N5O4/c1-32-22-7-5-18(6-8-22)19-13-20(15-21(14-19)30-16-27-28-29-30)25(31)26-11-10-17-4-9-23(33-2)24(12-17)34-3/h4-9,12-16H,10-11H2,1-3H3,(H,26,31). The number of aromatic nitrogens is 4. The third kappa shape index (κ3) is 5.15. The summed E-state index contributed by atoms with van der Waals surface area (Å²) < 4.78 is 17.4. The van der Waals surface area contributed by atoms with Crippen LogP contribution in [0.2, 0.25) is 0 Å². The minimum atomic E-state index is -0.190. The largest absolute Gasteiger partial charge is 0.497 e. The number of carbonyl (C=O) groups excluding carboxylic acids is 1. The third-order valence-electron chi connectivity index (χ3n) is 5.36. The maximum absolute atomic E-state index is 13.0. The molecule has 0 aliphatic heterocycles. The van der Waals surface area contributed by atoms with Gasteiger partial charge in [-0.1, -0.05) is 18.2 Å². The van der Waals surface area contributed by atoms with E-state index in [1.165, 1.54) is 11.0 Å². The van der Waals surface area contributed by atoms with Crippen LogP contribution in [0.5, 0.6) is 17.2 Å². The maximum atomic E-state index is 13.0. The van der Waals surface area contributed by atoms with Gasteiger partial charge in [-0.25, -0.2) is 4.68 Å². The van der Waals surface area contributed by atoms with Crippen LogP contribution in [0.4, 0.5) is 0 Å². The molecule has 1 amide bonds. The van der Waals surface area contributed by atoms with E-state index in [1.807, 2.05) is 54.6 Å². The average molecular weight is 460 g/mol. The van der Waals surface area contributed by atoms with Gasteiger partial charge in [-0.15, -0.1) is 5.10 Å². The predicted octanol–water partition coefficient (Wildman–Crippen LogP) is 3.33. The lowest BCUT2D eigenvalue weighted by molar-refractivity contribution is 0.0954. The molecule has 3 aromatic carbocycles. The number of methoxy groups -OCH3 is 3. The maximum Gasteiger partial charge on any atom is 0.251 e. The van der Waals surface area contributed by atoms with Gasteiger partial charge in [0.1, 0.15) is 12.1 Å². The van der Waals surface area contributed by atoms with Crippen LogP contribution in [-0.2, 0) is 6.42 Å². The molecule has 4 rings (SSSR count). The number of carbonyl (C=O) groups is 1. The molecule has 0 fully saturated rings. The zero-order valence-electron chi connectivity index (χ0n) is 19.2. The van der Waals surface area contributed by atoms with Gasteiger partial charge in [0.15, 0.2) is 11.5 Å². The quantitative estimate of drug-likeness (QED) is 0.410. The number of hydrogen-bond donors (Lipinski definition) is 1. The van der Waals surface area contributed by atoms with Gasteiger partial charge in [-0.05, 0) is 76.0 Å². The lowest BCUT2D eigenvalue weighted by Crippen LogP contribution is -2.26. The van der Waals surface area contributed by atoms with E-state index in [-0.39, 0.29) is 5.91 Å². The van der Waals surface area contributed by atoms with E-state index in [2.05, 4.69) is 20.8 Å². The highest BCUT2D eigenvalue weighted by Crippen LogP contribution is 2.28. The molecule has 0 aliphatic rings. The summed E-state index contributed by atoms with van der Waals surface area (Å²) in [4.78, 5) is 13.0. The van der Waals surface area contributed by atoms with E-state index in [4.69, 9.17) is 14.2 Å². The van der Waals surface area contributed by atoms with E-state index < -0.39 is 0 Å². The van der Waals surface area contributed by atoms with Crippen LogP contribution in [0.3, 0.4) is 0 Å². The Bertz CT molecular complexity index is 1260. The van der Waals surface area contributed by atoms with Crippen LogP contribution in [0.15, 0.2) is 67.0 Å². The molecule has 0 unspecified atom stereocenters. The predicted molar refractivity (Wildman–Crippen MR) is 127 cm³/mol. The van der Waals surface area contributed by atoms with Crippen molar-refractivity contribution >= 4 is 5.91 Å². The van der Waals surface area contributed by atoms with Crippen molar-refractivity contribution in [1.82, 2.24) is 25.5 Å². The lowest BCUT2D eigenvalue weighted by Gasteiger charge is -2.12. The topological polar surface area (TPSA) is 100 Å². The minimum Gasteiger partial charge on any atom is -0.497 e. The number of amides is 1. The van der Waals surface area contributed by atoms with E-state index in [0.29, 0.717) is 35.7 Å². The molecule has 0 bridgehead atoms. The fourth-order valence-corrected chi connectivity index (χ4v) is 3.56. The van der Waals surface area contributed by atoms with Crippen molar-refractivity contribution in [3.63, 3.8) is 0 Å². The monoisotopic (exact) mass is 459 g/mol. The first-order valence-corrected chi connectivity index (χ1v) is 10.6.